The lowest BCUT2D eigenvalue weighted by Gasteiger charge is -2.15. The largest absolute Gasteiger partial charge is 0.396 e. The van der Waals surface area contributed by atoms with E-state index in [0.717, 1.165) is 30.8 Å². The molecule has 1 heterocycles. The molecule has 4 heteroatoms. The van der Waals surface area contributed by atoms with Crippen molar-refractivity contribution in [3.8, 4) is 0 Å². The molecule has 0 aliphatic heterocycles. The number of aliphatic hydroxyl groups excluding tert-OH is 1. The normalized spacial score (nSPS) is 12.6. The van der Waals surface area contributed by atoms with Crippen LogP contribution in [-0.2, 0) is 0 Å². The molecule has 1 aromatic rings. The summed E-state index contributed by atoms with van der Waals surface area (Å²) in [5.74, 6) is 0.946. The number of aliphatic hydroxyl groups is 1. The van der Waals surface area contributed by atoms with Gasteiger partial charge in [-0.15, -0.1) is 11.8 Å². The van der Waals surface area contributed by atoms with E-state index in [4.69, 9.17) is 5.11 Å². The van der Waals surface area contributed by atoms with Crippen LogP contribution in [0.3, 0.4) is 0 Å². The van der Waals surface area contributed by atoms with E-state index in [1.165, 1.54) is 4.90 Å². The molecule has 0 radical (unpaired) electrons. The van der Waals surface area contributed by atoms with Gasteiger partial charge in [-0.3, -0.25) is 4.98 Å². The zero-order chi connectivity index (χ0) is 12.5. The maximum Gasteiger partial charge on any atom is 0.0573 e. The van der Waals surface area contributed by atoms with E-state index in [2.05, 4.69) is 36.3 Å². The minimum Gasteiger partial charge on any atom is -0.396 e. The highest BCUT2D eigenvalue weighted by Gasteiger charge is 2.08. The molecule has 0 aliphatic carbocycles. The van der Waals surface area contributed by atoms with Crippen LogP contribution in [0.25, 0.3) is 0 Å². The minimum absolute atomic E-state index is 0.261. The number of aromatic nitrogens is 1. The molecule has 0 amide bonds. The van der Waals surface area contributed by atoms with Crippen LogP contribution in [-0.4, -0.2) is 29.0 Å². The van der Waals surface area contributed by atoms with Gasteiger partial charge < -0.3 is 10.4 Å². The molecule has 1 unspecified atom stereocenters. The van der Waals surface area contributed by atoms with Crippen LogP contribution < -0.4 is 5.32 Å². The van der Waals surface area contributed by atoms with Crippen molar-refractivity contribution in [1.29, 1.82) is 0 Å². The van der Waals surface area contributed by atoms with Crippen molar-refractivity contribution in [3.05, 3.63) is 24.0 Å². The van der Waals surface area contributed by atoms with E-state index in [1.54, 1.807) is 11.8 Å². The van der Waals surface area contributed by atoms with Crippen LogP contribution in [0.15, 0.2) is 23.2 Å². The number of thioether (sulfide) groups is 1. The fourth-order valence-corrected chi connectivity index (χ4v) is 2.44. The molecule has 0 saturated carbocycles. The second-order valence-electron chi connectivity index (χ2n) is 3.86. The second kappa shape index (κ2) is 8.50. The number of hydrogen-bond donors (Lipinski definition) is 2. The summed E-state index contributed by atoms with van der Waals surface area (Å²) in [5.41, 5.74) is 1.11. The van der Waals surface area contributed by atoms with Gasteiger partial charge in [0.15, 0.2) is 0 Å². The van der Waals surface area contributed by atoms with Crippen LogP contribution in [0.5, 0.6) is 0 Å². The molecule has 3 nitrogen and oxygen atoms in total. The van der Waals surface area contributed by atoms with Crippen molar-refractivity contribution < 1.29 is 5.11 Å². The Bertz CT molecular complexity index is 303. The van der Waals surface area contributed by atoms with Crippen LogP contribution >= 0.6 is 11.8 Å². The third-order valence-corrected chi connectivity index (χ3v) is 3.61. The van der Waals surface area contributed by atoms with E-state index in [9.17, 15) is 0 Å². The summed E-state index contributed by atoms with van der Waals surface area (Å²) in [6.07, 6.45) is 3.82. The smallest absolute Gasteiger partial charge is 0.0573 e. The summed E-state index contributed by atoms with van der Waals surface area (Å²) >= 11 is 1.74. The van der Waals surface area contributed by atoms with Gasteiger partial charge in [-0.25, -0.2) is 0 Å². The van der Waals surface area contributed by atoms with E-state index in [-0.39, 0.29) is 6.61 Å². The predicted octanol–water partition coefficient (Wildman–Crippen LogP) is 2.62. The van der Waals surface area contributed by atoms with Gasteiger partial charge in [-0.05, 0) is 31.5 Å². The Morgan fingerprint density at radius 1 is 1.41 bits per heavy atom. The zero-order valence-electron chi connectivity index (χ0n) is 10.6. The molecule has 0 fully saturated rings. The van der Waals surface area contributed by atoms with Gasteiger partial charge >= 0.3 is 0 Å². The average molecular weight is 254 g/mol. The van der Waals surface area contributed by atoms with Crippen molar-refractivity contribution in [2.45, 2.75) is 37.6 Å². The first-order valence-corrected chi connectivity index (χ1v) is 7.23. The van der Waals surface area contributed by atoms with Crippen LogP contribution in [0.2, 0.25) is 0 Å². The monoisotopic (exact) mass is 254 g/mol. The Balaban J connectivity index is 2.53. The van der Waals surface area contributed by atoms with Gasteiger partial charge in [-0.1, -0.05) is 13.8 Å². The molecule has 1 atom stereocenters. The summed E-state index contributed by atoms with van der Waals surface area (Å²) in [4.78, 5) is 5.68. The molecule has 0 saturated heterocycles. The van der Waals surface area contributed by atoms with Gasteiger partial charge in [0.2, 0.25) is 0 Å². The molecule has 96 valence electrons. The highest BCUT2D eigenvalue weighted by molar-refractivity contribution is 7.99. The molecule has 1 aromatic heterocycles. The maximum atomic E-state index is 8.71. The molecule has 0 bridgehead atoms. The van der Waals surface area contributed by atoms with Crippen LogP contribution in [0.4, 0.5) is 0 Å². The first-order valence-electron chi connectivity index (χ1n) is 6.24. The maximum absolute atomic E-state index is 8.71. The van der Waals surface area contributed by atoms with Gasteiger partial charge in [-0.2, -0.15) is 0 Å². The van der Waals surface area contributed by atoms with Crippen molar-refractivity contribution in [2.75, 3.05) is 18.9 Å². The molecule has 17 heavy (non-hydrogen) atoms. The number of nitrogens with one attached hydrogen (secondary N) is 1. The van der Waals surface area contributed by atoms with Gasteiger partial charge in [0.05, 0.1) is 5.69 Å². The number of pyridine rings is 1. The second-order valence-corrected chi connectivity index (χ2v) is 5.03. The Labute approximate surface area is 108 Å². The molecular weight excluding hydrogens is 232 g/mol. The number of hydrogen-bond acceptors (Lipinski definition) is 4. The Morgan fingerprint density at radius 3 is 2.76 bits per heavy atom. The molecule has 0 aromatic carbocycles. The van der Waals surface area contributed by atoms with E-state index in [1.807, 2.05) is 6.20 Å². The molecular formula is C13H22N2OS. The lowest BCUT2D eigenvalue weighted by atomic mass is 10.1. The first kappa shape index (κ1) is 14.5. The van der Waals surface area contributed by atoms with Crippen LogP contribution in [0, 0.1) is 0 Å². The highest BCUT2D eigenvalue weighted by Crippen LogP contribution is 2.20. The van der Waals surface area contributed by atoms with Crippen LogP contribution in [0.1, 0.15) is 38.4 Å². The summed E-state index contributed by atoms with van der Waals surface area (Å²) in [6.45, 7) is 5.50. The van der Waals surface area contributed by atoms with Crippen molar-refractivity contribution in [1.82, 2.24) is 10.3 Å². The van der Waals surface area contributed by atoms with Gasteiger partial charge in [0, 0.05) is 29.5 Å². The lowest BCUT2D eigenvalue weighted by molar-refractivity contribution is 0.296. The molecule has 2 N–H and O–H groups in total. The number of rotatable bonds is 8. The summed E-state index contributed by atoms with van der Waals surface area (Å²) in [5, 5.41) is 12.1. The summed E-state index contributed by atoms with van der Waals surface area (Å²) in [7, 11) is 0. The third kappa shape index (κ3) is 5.06. The van der Waals surface area contributed by atoms with Gasteiger partial charge in [0.25, 0.3) is 0 Å². The summed E-state index contributed by atoms with van der Waals surface area (Å²) in [6, 6.07) is 4.57. The minimum atomic E-state index is 0.261. The average Bonchev–Trinajstić information content (AvgIpc) is 2.37. The fraction of sp³-hybridized carbons (Fsp3) is 0.615. The summed E-state index contributed by atoms with van der Waals surface area (Å²) < 4.78 is 0. The highest BCUT2D eigenvalue weighted by atomic mass is 32.2. The molecule has 0 aliphatic rings. The third-order valence-electron chi connectivity index (χ3n) is 2.55. The van der Waals surface area contributed by atoms with E-state index < -0.39 is 0 Å². The predicted molar refractivity (Wildman–Crippen MR) is 73.4 cm³/mol. The Hall–Kier alpha value is -0.580. The molecule has 0 spiro atoms. The van der Waals surface area contributed by atoms with Crippen molar-refractivity contribution in [2.24, 2.45) is 0 Å². The Morgan fingerprint density at radius 2 is 2.24 bits per heavy atom. The quantitative estimate of drug-likeness (QED) is 0.553. The van der Waals surface area contributed by atoms with Crippen molar-refractivity contribution in [3.63, 3.8) is 0 Å². The topological polar surface area (TPSA) is 45.1 Å². The Kier molecular flexibility index (Phi) is 7.24. The SMILES string of the molecule is CCNC(CC)c1ccc(SCCCO)cn1. The number of nitrogens with zero attached hydrogens (tertiary/aromatic N) is 1. The molecule has 1 rings (SSSR count). The first-order chi connectivity index (χ1) is 8.31. The fourth-order valence-electron chi connectivity index (χ4n) is 1.64. The zero-order valence-corrected chi connectivity index (χ0v) is 11.5. The van der Waals surface area contributed by atoms with E-state index in [0.29, 0.717) is 6.04 Å². The van der Waals surface area contributed by atoms with Gasteiger partial charge in [0.1, 0.15) is 0 Å². The van der Waals surface area contributed by atoms with E-state index >= 15 is 0 Å². The standard InChI is InChI=1S/C13H22N2OS/c1-3-12(14-4-2)13-7-6-11(10-15-13)17-9-5-8-16/h6-7,10,12,14,16H,3-5,8-9H2,1-2H3. The van der Waals surface area contributed by atoms with Crippen molar-refractivity contribution >= 4 is 11.8 Å². The lowest BCUT2D eigenvalue weighted by Crippen LogP contribution is -2.20.